The summed E-state index contributed by atoms with van der Waals surface area (Å²) in [6.07, 6.45) is 1.16. The standard InChI is InChI=1S/C11H8F2N2O2/c1-17-10-4-9(14-5-15-10)7-2-6(16)3-8(12)11(7)13/h2-5,16H,1H3. The normalized spacial score (nSPS) is 10.3. The average Bonchev–Trinajstić information content (AvgIpc) is 2.34. The number of benzene rings is 1. The van der Waals surface area contributed by atoms with Gasteiger partial charge in [-0.25, -0.2) is 18.7 Å². The molecule has 88 valence electrons. The third-order valence-corrected chi connectivity index (χ3v) is 2.14. The van der Waals surface area contributed by atoms with Crippen LogP contribution in [-0.2, 0) is 0 Å². The molecule has 0 fully saturated rings. The summed E-state index contributed by atoms with van der Waals surface area (Å²) in [5, 5.41) is 9.22. The van der Waals surface area contributed by atoms with Crippen molar-refractivity contribution in [3.63, 3.8) is 0 Å². The molecular weight excluding hydrogens is 230 g/mol. The van der Waals surface area contributed by atoms with Gasteiger partial charge in [0.25, 0.3) is 0 Å². The van der Waals surface area contributed by atoms with Gasteiger partial charge in [-0.1, -0.05) is 0 Å². The first-order valence-electron chi connectivity index (χ1n) is 4.66. The number of hydrogen-bond donors (Lipinski definition) is 1. The SMILES string of the molecule is COc1cc(-c2cc(O)cc(F)c2F)ncn1. The fraction of sp³-hybridized carbons (Fsp3) is 0.0909. The van der Waals surface area contributed by atoms with Crippen LogP contribution in [0.2, 0.25) is 0 Å². The van der Waals surface area contributed by atoms with Gasteiger partial charge in [0, 0.05) is 17.7 Å². The summed E-state index contributed by atoms with van der Waals surface area (Å²) in [4.78, 5) is 7.54. The Morgan fingerprint density at radius 2 is 1.94 bits per heavy atom. The summed E-state index contributed by atoms with van der Waals surface area (Å²) >= 11 is 0. The second-order valence-corrected chi connectivity index (χ2v) is 3.23. The third kappa shape index (κ3) is 2.15. The summed E-state index contributed by atoms with van der Waals surface area (Å²) in [7, 11) is 1.39. The lowest BCUT2D eigenvalue weighted by Gasteiger charge is -2.05. The van der Waals surface area contributed by atoms with E-state index in [0.717, 1.165) is 12.4 Å². The van der Waals surface area contributed by atoms with Gasteiger partial charge in [-0.2, -0.15) is 0 Å². The van der Waals surface area contributed by atoms with Crippen LogP contribution in [0.25, 0.3) is 11.3 Å². The molecular formula is C11H8F2N2O2. The van der Waals surface area contributed by atoms with Crippen LogP contribution in [-0.4, -0.2) is 22.2 Å². The van der Waals surface area contributed by atoms with E-state index in [9.17, 15) is 13.9 Å². The Balaban J connectivity index is 2.59. The van der Waals surface area contributed by atoms with Gasteiger partial charge in [-0.3, -0.25) is 0 Å². The van der Waals surface area contributed by atoms with Crippen LogP contribution in [0.15, 0.2) is 24.5 Å². The minimum Gasteiger partial charge on any atom is -0.508 e. The van der Waals surface area contributed by atoms with Gasteiger partial charge >= 0.3 is 0 Å². The number of aromatic nitrogens is 2. The van der Waals surface area contributed by atoms with E-state index in [1.165, 1.54) is 13.2 Å². The molecule has 1 heterocycles. The molecule has 0 saturated heterocycles. The average molecular weight is 238 g/mol. The molecule has 0 atom stereocenters. The predicted molar refractivity (Wildman–Crippen MR) is 55.6 cm³/mol. The van der Waals surface area contributed by atoms with Crippen molar-refractivity contribution in [1.29, 1.82) is 0 Å². The minimum atomic E-state index is -1.14. The van der Waals surface area contributed by atoms with Gasteiger partial charge in [0.15, 0.2) is 11.6 Å². The van der Waals surface area contributed by atoms with E-state index in [0.29, 0.717) is 6.07 Å². The van der Waals surface area contributed by atoms with Crippen molar-refractivity contribution < 1.29 is 18.6 Å². The molecule has 1 N–H and O–H groups in total. The van der Waals surface area contributed by atoms with Gasteiger partial charge in [-0.15, -0.1) is 0 Å². The summed E-state index contributed by atoms with van der Waals surface area (Å²) in [6.45, 7) is 0. The lowest BCUT2D eigenvalue weighted by Crippen LogP contribution is -1.94. The maximum absolute atomic E-state index is 13.5. The number of aromatic hydroxyl groups is 1. The van der Waals surface area contributed by atoms with E-state index in [4.69, 9.17) is 4.74 Å². The molecule has 0 radical (unpaired) electrons. The number of hydrogen-bond acceptors (Lipinski definition) is 4. The quantitative estimate of drug-likeness (QED) is 0.870. The van der Waals surface area contributed by atoms with E-state index in [2.05, 4.69) is 9.97 Å². The lowest BCUT2D eigenvalue weighted by atomic mass is 10.1. The van der Waals surface area contributed by atoms with Gasteiger partial charge in [-0.05, 0) is 6.07 Å². The topological polar surface area (TPSA) is 55.2 Å². The molecule has 0 amide bonds. The molecule has 0 unspecified atom stereocenters. The molecule has 0 aliphatic carbocycles. The first-order valence-corrected chi connectivity index (χ1v) is 4.66. The van der Waals surface area contributed by atoms with Crippen molar-refractivity contribution in [2.75, 3.05) is 7.11 Å². The van der Waals surface area contributed by atoms with Crippen molar-refractivity contribution in [3.05, 3.63) is 36.2 Å². The number of rotatable bonds is 2. The highest BCUT2D eigenvalue weighted by Gasteiger charge is 2.14. The molecule has 1 aromatic carbocycles. The zero-order valence-electron chi connectivity index (χ0n) is 8.82. The smallest absolute Gasteiger partial charge is 0.216 e. The zero-order chi connectivity index (χ0) is 12.4. The van der Waals surface area contributed by atoms with Crippen molar-refractivity contribution in [2.45, 2.75) is 0 Å². The van der Waals surface area contributed by atoms with Gasteiger partial charge < -0.3 is 9.84 Å². The molecule has 6 heteroatoms. The van der Waals surface area contributed by atoms with E-state index < -0.39 is 11.6 Å². The highest BCUT2D eigenvalue weighted by atomic mass is 19.2. The predicted octanol–water partition coefficient (Wildman–Crippen LogP) is 2.14. The van der Waals surface area contributed by atoms with E-state index in [1.807, 2.05) is 0 Å². The second kappa shape index (κ2) is 4.32. The van der Waals surface area contributed by atoms with Crippen molar-refractivity contribution in [3.8, 4) is 22.9 Å². The molecule has 2 aromatic rings. The monoisotopic (exact) mass is 238 g/mol. The number of phenols is 1. The van der Waals surface area contributed by atoms with E-state index >= 15 is 0 Å². The van der Waals surface area contributed by atoms with Crippen LogP contribution in [0.4, 0.5) is 8.78 Å². The molecule has 0 saturated carbocycles. The van der Waals surface area contributed by atoms with Crippen molar-refractivity contribution >= 4 is 0 Å². The van der Waals surface area contributed by atoms with Crippen LogP contribution >= 0.6 is 0 Å². The molecule has 1 aromatic heterocycles. The molecule has 0 aliphatic rings. The molecule has 4 nitrogen and oxygen atoms in total. The Morgan fingerprint density at radius 1 is 1.18 bits per heavy atom. The van der Waals surface area contributed by atoms with Crippen LogP contribution in [0.1, 0.15) is 0 Å². The summed E-state index contributed by atoms with van der Waals surface area (Å²) in [5.41, 5.74) is -0.0210. The molecule has 2 rings (SSSR count). The Bertz CT molecular complexity index is 561. The number of phenolic OH excluding ortho intramolecular Hbond substituents is 1. The summed E-state index contributed by atoms with van der Waals surface area (Å²) in [5.74, 6) is -2.38. The van der Waals surface area contributed by atoms with Crippen molar-refractivity contribution in [2.24, 2.45) is 0 Å². The molecule has 0 aliphatic heterocycles. The van der Waals surface area contributed by atoms with Crippen LogP contribution in [0, 0.1) is 11.6 Å². The summed E-state index contributed by atoms with van der Waals surface area (Å²) in [6, 6.07) is 3.12. The molecule has 0 spiro atoms. The zero-order valence-corrected chi connectivity index (χ0v) is 8.82. The highest BCUT2D eigenvalue weighted by Crippen LogP contribution is 2.28. The number of halogens is 2. The summed E-state index contributed by atoms with van der Waals surface area (Å²) < 4.78 is 31.5. The van der Waals surface area contributed by atoms with Crippen molar-refractivity contribution in [1.82, 2.24) is 9.97 Å². The first kappa shape index (κ1) is 11.3. The lowest BCUT2D eigenvalue weighted by molar-refractivity contribution is 0.397. The largest absolute Gasteiger partial charge is 0.508 e. The number of nitrogens with zero attached hydrogens (tertiary/aromatic N) is 2. The van der Waals surface area contributed by atoms with Gasteiger partial charge in [0.1, 0.15) is 12.1 Å². The molecule has 17 heavy (non-hydrogen) atoms. The number of ether oxygens (including phenoxy) is 1. The minimum absolute atomic E-state index is 0.129. The Kier molecular flexibility index (Phi) is 2.86. The Hall–Kier alpha value is -2.24. The highest BCUT2D eigenvalue weighted by molar-refractivity contribution is 5.62. The van der Waals surface area contributed by atoms with Gasteiger partial charge in [0.05, 0.1) is 12.8 Å². The van der Waals surface area contributed by atoms with Gasteiger partial charge in [0.2, 0.25) is 5.88 Å². The Labute approximate surface area is 95.5 Å². The first-order chi connectivity index (χ1) is 8.11. The van der Waals surface area contributed by atoms with Crippen LogP contribution in [0.5, 0.6) is 11.6 Å². The second-order valence-electron chi connectivity index (χ2n) is 3.23. The Morgan fingerprint density at radius 3 is 2.65 bits per heavy atom. The molecule has 0 bridgehead atoms. The maximum atomic E-state index is 13.5. The third-order valence-electron chi connectivity index (χ3n) is 2.14. The van der Waals surface area contributed by atoms with E-state index in [-0.39, 0.29) is 22.9 Å². The van der Waals surface area contributed by atoms with Crippen LogP contribution < -0.4 is 4.74 Å². The fourth-order valence-electron chi connectivity index (χ4n) is 1.36. The fourth-order valence-corrected chi connectivity index (χ4v) is 1.36. The van der Waals surface area contributed by atoms with Crippen LogP contribution in [0.3, 0.4) is 0 Å². The maximum Gasteiger partial charge on any atom is 0.216 e. The van der Waals surface area contributed by atoms with E-state index in [1.54, 1.807) is 0 Å². The number of methoxy groups -OCH3 is 1.